The van der Waals surface area contributed by atoms with E-state index in [1.54, 1.807) is 6.07 Å². The van der Waals surface area contributed by atoms with Crippen molar-refractivity contribution in [3.63, 3.8) is 0 Å². The number of pyridine rings is 1. The largest absolute Gasteiger partial charge is 0.504 e. The minimum atomic E-state index is -0.401. The zero-order valence-corrected chi connectivity index (χ0v) is 13.4. The number of aromatic hydroxyl groups is 1. The molecule has 0 aliphatic heterocycles. The second-order valence-corrected chi connectivity index (χ2v) is 5.63. The molecule has 120 valence electrons. The van der Waals surface area contributed by atoms with Crippen LogP contribution in [0, 0.1) is 5.92 Å². The lowest BCUT2D eigenvalue weighted by molar-refractivity contribution is 0.240. The molecule has 0 spiro atoms. The van der Waals surface area contributed by atoms with Crippen LogP contribution >= 0.6 is 0 Å². The molecule has 0 saturated carbocycles. The molecule has 1 heterocycles. The van der Waals surface area contributed by atoms with Crippen molar-refractivity contribution in [3.8, 4) is 11.5 Å². The van der Waals surface area contributed by atoms with Gasteiger partial charge in [-0.3, -0.25) is 4.79 Å². The van der Waals surface area contributed by atoms with Crippen molar-refractivity contribution in [2.75, 3.05) is 18.5 Å². The minimum absolute atomic E-state index is 0.00616. The second kappa shape index (κ2) is 7.20. The number of ether oxygens (including phenoxy) is 1. The fourth-order valence-corrected chi connectivity index (χ4v) is 2.51. The second-order valence-electron chi connectivity index (χ2n) is 5.63. The molecule has 2 rings (SSSR count). The molecule has 5 heteroatoms. The Morgan fingerprint density at radius 2 is 2.14 bits per heavy atom. The Bertz CT molecular complexity index is 694. The van der Waals surface area contributed by atoms with Crippen LogP contribution in [0.4, 0.5) is 5.69 Å². The molecule has 5 nitrogen and oxygen atoms in total. The summed E-state index contributed by atoms with van der Waals surface area (Å²) in [5.74, 6) is 0.257. The van der Waals surface area contributed by atoms with E-state index in [0.717, 1.165) is 25.1 Å². The number of fused-ring (bicyclic) bond motifs is 1. The Hall–Kier alpha value is -2.17. The predicted molar refractivity (Wildman–Crippen MR) is 90.0 cm³/mol. The summed E-state index contributed by atoms with van der Waals surface area (Å²) >= 11 is 0. The summed E-state index contributed by atoms with van der Waals surface area (Å²) in [5.41, 5.74) is 1.09. The van der Waals surface area contributed by atoms with Crippen LogP contribution in [-0.2, 0) is 0 Å². The standard InChI is InChI=1S/C17H24N2O3/c1-4-6-11(3)10-22-16-15(20)13-8-7-12(18-5-2)9-14(13)19-17(16)21/h7-9,11,18H,4-6,10H2,1-3H3,(H2,19,20,21). The van der Waals surface area contributed by atoms with Crippen LogP contribution in [0.5, 0.6) is 11.5 Å². The maximum Gasteiger partial charge on any atom is 0.294 e. The molecule has 22 heavy (non-hydrogen) atoms. The highest BCUT2D eigenvalue weighted by molar-refractivity contribution is 5.89. The fraction of sp³-hybridized carbons (Fsp3) is 0.471. The van der Waals surface area contributed by atoms with Gasteiger partial charge in [-0.15, -0.1) is 0 Å². The number of hydrogen-bond acceptors (Lipinski definition) is 4. The number of aromatic amines is 1. The third kappa shape index (κ3) is 3.53. The van der Waals surface area contributed by atoms with Crippen molar-refractivity contribution in [3.05, 3.63) is 28.6 Å². The van der Waals surface area contributed by atoms with Crippen molar-refractivity contribution in [2.24, 2.45) is 5.92 Å². The Morgan fingerprint density at radius 3 is 2.82 bits per heavy atom. The Balaban J connectivity index is 2.32. The van der Waals surface area contributed by atoms with E-state index in [0.29, 0.717) is 23.4 Å². The fourth-order valence-electron chi connectivity index (χ4n) is 2.51. The summed E-state index contributed by atoms with van der Waals surface area (Å²) in [6, 6.07) is 5.46. The molecule has 2 aromatic rings. The first kappa shape index (κ1) is 16.2. The lowest BCUT2D eigenvalue weighted by Crippen LogP contribution is -2.16. The van der Waals surface area contributed by atoms with Crippen LogP contribution in [0.3, 0.4) is 0 Å². The third-order valence-corrected chi connectivity index (χ3v) is 3.62. The van der Waals surface area contributed by atoms with Crippen LogP contribution < -0.4 is 15.6 Å². The van der Waals surface area contributed by atoms with Gasteiger partial charge >= 0.3 is 0 Å². The quantitative estimate of drug-likeness (QED) is 0.732. The topological polar surface area (TPSA) is 74.3 Å². The number of rotatable bonds is 7. The van der Waals surface area contributed by atoms with Crippen LogP contribution in [-0.4, -0.2) is 23.2 Å². The number of aromatic nitrogens is 1. The van der Waals surface area contributed by atoms with Gasteiger partial charge in [-0.05, 0) is 37.5 Å². The Labute approximate surface area is 130 Å². The zero-order valence-electron chi connectivity index (χ0n) is 13.4. The maximum absolute atomic E-state index is 12.1. The molecule has 0 saturated heterocycles. The van der Waals surface area contributed by atoms with Gasteiger partial charge in [0.25, 0.3) is 5.56 Å². The van der Waals surface area contributed by atoms with Gasteiger partial charge < -0.3 is 20.1 Å². The third-order valence-electron chi connectivity index (χ3n) is 3.62. The van der Waals surface area contributed by atoms with Crippen molar-refractivity contribution in [1.29, 1.82) is 0 Å². The average Bonchev–Trinajstić information content (AvgIpc) is 2.47. The van der Waals surface area contributed by atoms with E-state index in [1.807, 2.05) is 19.1 Å². The first-order valence-corrected chi connectivity index (χ1v) is 7.82. The molecule has 3 N–H and O–H groups in total. The molecule has 1 aromatic carbocycles. The van der Waals surface area contributed by atoms with E-state index in [1.165, 1.54) is 0 Å². The zero-order chi connectivity index (χ0) is 16.1. The van der Waals surface area contributed by atoms with Gasteiger partial charge in [0.15, 0.2) is 5.75 Å². The first-order chi connectivity index (χ1) is 10.6. The van der Waals surface area contributed by atoms with Gasteiger partial charge in [0.1, 0.15) is 0 Å². The van der Waals surface area contributed by atoms with Crippen molar-refractivity contribution in [1.82, 2.24) is 4.98 Å². The van der Waals surface area contributed by atoms with E-state index in [2.05, 4.69) is 24.1 Å². The molecular formula is C17H24N2O3. The van der Waals surface area contributed by atoms with E-state index in [-0.39, 0.29) is 11.5 Å². The minimum Gasteiger partial charge on any atom is -0.504 e. The highest BCUT2D eigenvalue weighted by Crippen LogP contribution is 2.31. The van der Waals surface area contributed by atoms with Gasteiger partial charge in [0, 0.05) is 17.6 Å². The number of hydrogen-bond donors (Lipinski definition) is 3. The van der Waals surface area contributed by atoms with Gasteiger partial charge in [-0.1, -0.05) is 20.3 Å². The highest BCUT2D eigenvalue weighted by atomic mass is 16.5. The van der Waals surface area contributed by atoms with Crippen LogP contribution in [0.2, 0.25) is 0 Å². The molecule has 0 fully saturated rings. The van der Waals surface area contributed by atoms with Crippen LogP contribution in [0.25, 0.3) is 10.9 Å². The number of anilines is 1. The average molecular weight is 304 g/mol. The van der Waals surface area contributed by atoms with E-state index >= 15 is 0 Å². The molecule has 0 aliphatic carbocycles. The Morgan fingerprint density at radius 1 is 1.36 bits per heavy atom. The van der Waals surface area contributed by atoms with E-state index < -0.39 is 5.56 Å². The molecule has 1 aromatic heterocycles. The normalized spacial score (nSPS) is 12.3. The van der Waals surface area contributed by atoms with Crippen LogP contribution in [0.15, 0.2) is 23.0 Å². The van der Waals surface area contributed by atoms with Crippen LogP contribution in [0.1, 0.15) is 33.6 Å². The molecule has 0 aliphatic rings. The van der Waals surface area contributed by atoms with Gasteiger partial charge in [0.2, 0.25) is 5.75 Å². The first-order valence-electron chi connectivity index (χ1n) is 7.82. The van der Waals surface area contributed by atoms with Crippen molar-refractivity contribution < 1.29 is 9.84 Å². The molecular weight excluding hydrogens is 280 g/mol. The summed E-state index contributed by atoms with van der Waals surface area (Å²) < 4.78 is 5.56. The summed E-state index contributed by atoms with van der Waals surface area (Å²) in [6.45, 7) is 7.39. The molecule has 1 atom stereocenters. The number of benzene rings is 1. The van der Waals surface area contributed by atoms with Gasteiger partial charge in [-0.2, -0.15) is 0 Å². The molecule has 0 bridgehead atoms. The molecule has 1 unspecified atom stereocenters. The maximum atomic E-state index is 12.1. The summed E-state index contributed by atoms with van der Waals surface area (Å²) in [7, 11) is 0. The van der Waals surface area contributed by atoms with E-state index in [4.69, 9.17) is 4.74 Å². The molecule has 0 amide bonds. The lowest BCUT2D eigenvalue weighted by Gasteiger charge is -2.14. The highest BCUT2D eigenvalue weighted by Gasteiger charge is 2.14. The number of nitrogens with one attached hydrogen (secondary N) is 2. The summed E-state index contributed by atoms with van der Waals surface area (Å²) in [5, 5.41) is 14.1. The lowest BCUT2D eigenvalue weighted by atomic mass is 10.1. The smallest absolute Gasteiger partial charge is 0.294 e. The van der Waals surface area contributed by atoms with Crippen molar-refractivity contribution >= 4 is 16.6 Å². The number of H-pyrrole nitrogens is 1. The van der Waals surface area contributed by atoms with Crippen molar-refractivity contribution in [2.45, 2.75) is 33.6 Å². The summed E-state index contributed by atoms with van der Waals surface area (Å²) in [4.78, 5) is 14.9. The van der Waals surface area contributed by atoms with Gasteiger partial charge in [-0.25, -0.2) is 0 Å². The monoisotopic (exact) mass is 304 g/mol. The predicted octanol–water partition coefficient (Wildman–Crippen LogP) is 3.48. The van der Waals surface area contributed by atoms with E-state index in [9.17, 15) is 9.90 Å². The Kier molecular flexibility index (Phi) is 5.31. The summed E-state index contributed by atoms with van der Waals surface area (Å²) in [6.07, 6.45) is 2.09. The van der Waals surface area contributed by atoms with Gasteiger partial charge in [0.05, 0.1) is 12.1 Å². The molecule has 0 radical (unpaired) electrons. The SMILES string of the molecule is CCCC(C)COc1c(O)c2ccc(NCC)cc2[nH]c1=O.